The van der Waals surface area contributed by atoms with Gasteiger partial charge in [-0.25, -0.2) is 4.39 Å². The van der Waals surface area contributed by atoms with Crippen LogP contribution in [-0.4, -0.2) is 25.0 Å². The summed E-state index contributed by atoms with van der Waals surface area (Å²) in [6.07, 6.45) is 0. The SMILES string of the molecule is CC(C)(C(=O)NCc1ccccc1F)C(=O)Nc1ccc2c(c1)OCCO2. The largest absolute Gasteiger partial charge is 0.486 e. The van der Waals surface area contributed by atoms with Crippen LogP contribution in [0.3, 0.4) is 0 Å². The molecule has 0 aliphatic carbocycles. The molecule has 0 unspecified atom stereocenters. The highest BCUT2D eigenvalue weighted by molar-refractivity contribution is 6.09. The second-order valence-corrected chi connectivity index (χ2v) is 6.71. The van der Waals surface area contributed by atoms with Crippen molar-refractivity contribution in [3.63, 3.8) is 0 Å². The Morgan fingerprint density at radius 1 is 1.04 bits per heavy atom. The van der Waals surface area contributed by atoms with E-state index >= 15 is 0 Å². The highest BCUT2D eigenvalue weighted by Crippen LogP contribution is 2.33. The molecule has 27 heavy (non-hydrogen) atoms. The van der Waals surface area contributed by atoms with Gasteiger partial charge in [-0.3, -0.25) is 9.59 Å². The number of benzene rings is 2. The molecular formula is C20H21FN2O4. The lowest BCUT2D eigenvalue weighted by Crippen LogP contribution is -2.45. The molecule has 0 atom stereocenters. The maximum atomic E-state index is 13.7. The van der Waals surface area contributed by atoms with Crippen LogP contribution in [0.2, 0.25) is 0 Å². The quantitative estimate of drug-likeness (QED) is 0.792. The molecule has 0 aromatic heterocycles. The van der Waals surface area contributed by atoms with Crippen molar-refractivity contribution in [3.8, 4) is 11.5 Å². The van der Waals surface area contributed by atoms with E-state index in [2.05, 4.69) is 10.6 Å². The van der Waals surface area contributed by atoms with E-state index < -0.39 is 23.0 Å². The Bertz CT molecular complexity index is 867. The first-order valence-electron chi connectivity index (χ1n) is 8.61. The lowest BCUT2D eigenvalue weighted by Gasteiger charge is -2.24. The molecule has 7 heteroatoms. The smallest absolute Gasteiger partial charge is 0.239 e. The Morgan fingerprint density at radius 3 is 2.48 bits per heavy atom. The zero-order chi connectivity index (χ0) is 19.4. The average molecular weight is 372 g/mol. The molecule has 0 radical (unpaired) electrons. The van der Waals surface area contributed by atoms with Crippen molar-refractivity contribution in [1.29, 1.82) is 0 Å². The topological polar surface area (TPSA) is 76.7 Å². The molecule has 0 saturated heterocycles. The van der Waals surface area contributed by atoms with Gasteiger partial charge in [-0.2, -0.15) is 0 Å². The van der Waals surface area contributed by atoms with E-state index in [4.69, 9.17) is 9.47 Å². The molecule has 2 aromatic carbocycles. The second-order valence-electron chi connectivity index (χ2n) is 6.71. The van der Waals surface area contributed by atoms with Gasteiger partial charge in [0.1, 0.15) is 24.4 Å². The van der Waals surface area contributed by atoms with Gasteiger partial charge in [0.25, 0.3) is 0 Å². The molecule has 2 aromatic rings. The summed E-state index contributed by atoms with van der Waals surface area (Å²) in [5, 5.41) is 5.33. The van der Waals surface area contributed by atoms with Crippen LogP contribution in [0.15, 0.2) is 42.5 Å². The van der Waals surface area contributed by atoms with Crippen molar-refractivity contribution in [1.82, 2.24) is 5.32 Å². The number of anilines is 1. The number of rotatable bonds is 5. The van der Waals surface area contributed by atoms with Crippen molar-refractivity contribution >= 4 is 17.5 Å². The summed E-state index contributed by atoms with van der Waals surface area (Å²) in [6.45, 7) is 3.95. The lowest BCUT2D eigenvalue weighted by molar-refractivity contribution is -0.138. The highest BCUT2D eigenvalue weighted by atomic mass is 19.1. The van der Waals surface area contributed by atoms with Crippen LogP contribution in [0.4, 0.5) is 10.1 Å². The van der Waals surface area contributed by atoms with E-state index in [0.29, 0.717) is 36.0 Å². The molecule has 0 fully saturated rings. The summed E-state index contributed by atoms with van der Waals surface area (Å²) in [5.41, 5.74) is -0.494. The molecule has 2 N–H and O–H groups in total. The third-order valence-corrected chi connectivity index (χ3v) is 4.33. The predicted molar refractivity (Wildman–Crippen MR) is 98.1 cm³/mol. The summed E-state index contributed by atoms with van der Waals surface area (Å²) in [6, 6.07) is 11.2. The number of fused-ring (bicyclic) bond motifs is 1. The molecule has 3 rings (SSSR count). The molecule has 1 heterocycles. The minimum Gasteiger partial charge on any atom is -0.486 e. The fourth-order valence-corrected chi connectivity index (χ4v) is 2.55. The Morgan fingerprint density at radius 2 is 1.74 bits per heavy atom. The summed E-state index contributed by atoms with van der Waals surface area (Å²) < 4.78 is 24.6. The third kappa shape index (κ3) is 4.19. The number of carbonyl (C=O) groups is 2. The van der Waals surface area contributed by atoms with Crippen LogP contribution >= 0.6 is 0 Å². The number of halogens is 1. The predicted octanol–water partition coefficient (Wildman–Crippen LogP) is 2.88. The van der Waals surface area contributed by atoms with Crippen LogP contribution in [0.5, 0.6) is 11.5 Å². The van der Waals surface area contributed by atoms with Crippen LogP contribution in [0.25, 0.3) is 0 Å². The van der Waals surface area contributed by atoms with Crippen LogP contribution in [-0.2, 0) is 16.1 Å². The fourth-order valence-electron chi connectivity index (χ4n) is 2.55. The van der Waals surface area contributed by atoms with E-state index in [-0.39, 0.29) is 6.54 Å². The number of carbonyl (C=O) groups excluding carboxylic acids is 2. The van der Waals surface area contributed by atoms with Gasteiger partial charge >= 0.3 is 0 Å². The molecule has 1 aliphatic rings. The first kappa shape index (κ1) is 18.7. The minimum absolute atomic E-state index is 0.00619. The standard InChI is InChI=1S/C20H21FN2O4/c1-20(2,18(24)22-12-13-5-3-4-6-15(13)21)19(25)23-14-7-8-16-17(11-14)27-10-9-26-16/h3-8,11H,9-10,12H2,1-2H3,(H,22,24)(H,23,25). The van der Waals surface area contributed by atoms with E-state index in [1.165, 1.54) is 19.9 Å². The van der Waals surface area contributed by atoms with Gasteiger partial charge in [0.05, 0.1) is 0 Å². The van der Waals surface area contributed by atoms with Gasteiger partial charge in [0, 0.05) is 23.9 Å². The maximum Gasteiger partial charge on any atom is 0.239 e. The maximum absolute atomic E-state index is 13.7. The normalized spacial score (nSPS) is 13.0. The summed E-state index contributed by atoms with van der Waals surface area (Å²) >= 11 is 0. The number of nitrogens with one attached hydrogen (secondary N) is 2. The van der Waals surface area contributed by atoms with Gasteiger partial charge in [-0.15, -0.1) is 0 Å². The highest BCUT2D eigenvalue weighted by Gasteiger charge is 2.36. The minimum atomic E-state index is -1.35. The van der Waals surface area contributed by atoms with Gasteiger partial charge in [0.2, 0.25) is 11.8 Å². The Labute approximate surface area is 156 Å². The Kier molecular flexibility index (Phi) is 5.30. The summed E-state index contributed by atoms with van der Waals surface area (Å²) in [7, 11) is 0. The number of hydrogen-bond acceptors (Lipinski definition) is 4. The third-order valence-electron chi connectivity index (χ3n) is 4.33. The molecule has 142 valence electrons. The molecule has 1 aliphatic heterocycles. The van der Waals surface area contributed by atoms with Gasteiger partial charge in [0.15, 0.2) is 11.5 Å². The van der Waals surface area contributed by atoms with E-state index in [9.17, 15) is 14.0 Å². The fraction of sp³-hybridized carbons (Fsp3) is 0.300. The second kappa shape index (κ2) is 7.65. The zero-order valence-electron chi connectivity index (χ0n) is 15.2. The van der Waals surface area contributed by atoms with Crippen LogP contribution in [0, 0.1) is 11.2 Å². The van der Waals surface area contributed by atoms with Gasteiger partial charge in [-0.1, -0.05) is 18.2 Å². The number of hydrogen-bond donors (Lipinski definition) is 2. The summed E-state index contributed by atoms with van der Waals surface area (Å²) in [4.78, 5) is 25.1. The van der Waals surface area contributed by atoms with Crippen molar-refractivity contribution in [2.75, 3.05) is 18.5 Å². The van der Waals surface area contributed by atoms with Crippen molar-refractivity contribution in [2.45, 2.75) is 20.4 Å². The van der Waals surface area contributed by atoms with Crippen LogP contribution < -0.4 is 20.1 Å². The lowest BCUT2D eigenvalue weighted by atomic mass is 9.90. The molecule has 0 bridgehead atoms. The molecule has 6 nitrogen and oxygen atoms in total. The first-order chi connectivity index (χ1) is 12.9. The van der Waals surface area contributed by atoms with Crippen molar-refractivity contribution < 1.29 is 23.5 Å². The van der Waals surface area contributed by atoms with Crippen molar-refractivity contribution in [2.24, 2.45) is 5.41 Å². The van der Waals surface area contributed by atoms with E-state index in [0.717, 1.165) is 0 Å². The molecule has 0 spiro atoms. The van der Waals surface area contributed by atoms with E-state index in [1.54, 1.807) is 36.4 Å². The molecule has 0 saturated carbocycles. The van der Waals surface area contributed by atoms with Crippen LogP contribution in [0.1, 0.15) is 19.4 Å². The molecular weight excluding hydrogens is 351 g/mol. The van der Waals surface area contributed by atoms with Crippen molar-refractivity contribution in [3.05, 3.63) is 53.8 Å². The first-order valence-corrected chi connectivity index (χ1v) is 8.61. The Balaban J connectivity index is 1.64. The average Bonchev–Trinajstić information content (AvgIpc) is 2.67. The van der Waals surface area contributed by atoms with Gasteiger partial charge in [-0.05, 0) is 32.0 Å². The zero-order valence-corrected chi connectivity index (χ0v) is 15.2. The summed E-state index contributed by atoms with van der Waals surface area (Å²) in [5.74, 6) is -0.232. The Hall–Kier alpha value is -3.09. The van der Waals surface area contributed by atoms with Gasteiger partial charge < -0.3 is 20.1 Å². The van der Waals surface area contributed by atoms with E-state index in [1.807, 2.05) is 0 Å². The number of ether oxygens (including phenoxy) is 2. The molecule has 2 amide bonds. The number of amides is 2. The monoisotopic (exact) mass is 372 g/mol.